The van der Waals surface area contributed by atoms with Crippen LogP contribution >= 0.6 is 0 Å². The van der Waals surface area contributed by atoms with Crippen LogP contribution in [0.3, 0.4) is 0 Å². The fraction of sp³-hybridized carbons (Fsp3) is 0.312. The van der Waals surface area contributed by atoms with E-state index in [0.29, 0.717) is 5.71 Å². The fourth-order valence-electron chi connectivity index (χ4n) is 3.21. The van der Waals surface area contributed by atoms with Gasteiger partial charge in [-0.15, -0.1) is 0 Å². The van der Waals surface area contributed by atoms with E-state index < -0.39 is 28.1 Å². The first kappa shape index (κ1) is 18.6. The van der Waals surface area contributed by atoms with E-state index in [1.165, 1.54) is 35.1 Å². The van der Waals surface area contributed by atoms with Crippen molar-refractivity contribution in [3.8, 4) is 0 Å². The molecule has 13 heteroatoms. The van der Waals surface area contributed by atoms with Gasteiger partial charge in [0.1, 0.15) is 24.1 Å². The molecular weight excluding hydrogens is 388 g/mol. The lowest BCUT2D eigenvalue weighted by Crippen LogP contribution is -2.38. The summed E-state index contributed by atoms with van der Waals surface area (Å²) in [5.74, 6) is -0.754. The number of aromatic nitrogens is 2. The van der Waals surface area contributed by atoms with E-state index in [1.54, 1.807) is 0 Å². The molecule has 1 aromatic carbocycles. The minimum atomic E-state index is -0.771. The average molecular weight is 402 g/mol. The van der Waals surface area contributed by atoms with Crippen molar-refractivity contribution < 1.29 is 24.1 Å². The highest BCUT2D eigenvalue weighted by Crippen LogP contribution is 2.33. The molecule has 2 aliphatic heterocycles. The van der Waals surface area contributed by atoms with Crippen molar-refractivity contribution >= 4 is 23.0 Å². The van der Waals surface area contributed by atoms with Gasteiger partial charge in [0.2, 0.25) is 0 Å². The van der Waals surface area contributed by atoms with Gasteiger partial charge in [-0.3, -0.25) is 29.7 Å². The molecule has 0 unspecified atom stereocenters. The summed E-state index contributed by atoms with van der Waals surface area (Å²) in [4.78, 5) is 33.1. The third-order valence-corrected chi connectivity index (χ3v) is 4.61. The van der Waals surface area contributed by atoms with Crippen molar-refractivity contribution in [2.45, 2.75) is 24.9 Å². The van der Waals surface area contributed by atoms with Gasteiger partial charge in [0, 0.05) is 12.5 Å². The Morgan fingerprint density at radius 1 is 1.28 bits per heavy atom. The monoisotopic (exact) mass is 402 g/mol. The highest BCUT2D eigenvalue weighted by Gasteiger charge is 2.43. The molecule has 0 saturated carbocycles. The lowest BCUT2D eigenvalue weighted by Gasteiger charge is -2.28. The van der Waals surface area contributed by atoms with Crippen LogP contribution in [0.2, 0.25) is 0 Å². The number of carbonyl (C=O) groups excluding carboxylic acids is 1. The normalized spacial score (nSPS) is 24.4. The molecule has 3 atom stereocenters. The molecule has 1 aromatic heterocycles. The van der Waals surface area contributed by atoms with Gasteiger partial charge in [-0.05, 0) is 6.07 Å². The standard InChI is InChI=1S/C16H14N6O7/c23-15(10-3-1-2-4-12(10)22(26)27)19-18-11-5-13(14-8-28-16(11)29-14)20-7-9(6-17-20)21(24)25/h1-4,6-7,13-14,16H,5,8H2,(H,19,23)/b18-11+/t13-,14+,16-/m1/s1. The molecule has 13 nitrogen and oxygen atoms in total. The Morgan fingerprint density at radius 3 is 2.79 bits per heavy atom. The Kier molecular flexibility index (Phi) is 4.74. The van der Waals surface area contributed by atoms with Crippen LogP contribution in [0.15, 0.2) is 41.8 Å². The molecule has 2 aromatic rings. The van der Waals surface area contributed by atoms with Crippen LogP contribution in [0, 0.1) is 20.2 Å². The number of amides is 1. The SMILES string of the molecule is O=C(N/N=C1\C[C@@H](n2cc([N+](=O)[O-])cn2)[C@@H]2CO[C@@H]1O2)c1ccccc1[N+](=O)[O-]. The first-order chi connectivity index (χ1) is 13.9. The molecule has 150 valence electrons. The lowest BCUT2D eigenvalue weighted by molar-refractivity contribution is -0.385. The van der Waals surface area contributed by atoms with E-state index >= 15 is 0 Å². The van der Waals surface area contributed by atoms with E-state index in [4.69, 9.17) is 9.47 Å². The van der Waals surface area contributed by atoms with Gasteiger partial charge in [0.25, 0.3) is 11.6 Å². The molecule has 4 rings (SSSR count). The maximum atomic E-state index is 12.4. The summed E-state index contributed by atoms with van der Waals surface area (Å²) in [5.41, 5.74) is 1.99. The quantitative estimate of drug-likeness (QED) is 0.575. The second-order valence-electron chi connectivity index (χ2n) is 6.37. The zero-order valence-corrected chi connectivity index (χ0v) is 14.7. The third-order valence-electron chi connectivity index (χ3n) is 4.61. The zero-order valence-electron chi connectivity index (χ0n) is 14.7. The number of nitrogens with zero attached hydrogens (tertiary/aromatic N) is 5. The number of hydrogen-bond acceptors (Lipinski definition) is 9. The Balaban J connectivity index is 1.53. The molecule has 0 aliphatic carbocycles. The maximum Gasteiger partial charge on any atom is 0.307 e. The molecule has 1 amide bonds. The number of para-hydroxylation sites is 1. The lowest BCUT2D eigenvalue weighted by atomic mass is 10.0. The zero-order chi connectivity index (χ0) is 20.5. The summed E-state index contributed by atoms with van der Waals surface area (Å²) in [6.45, 7) is 0.236. The van der Waals surface area contributed by atoms with Crippen molar-refractivity contribution in [1.29, 1.82) is 0 Å². The summed E-state index contributed by atoms with van der Waals surface area (Å²) in [6, 6.07) is 5.08. The van der Waals surface area contributed by atoms with Gasteiger partial charge in [0.05, 0.1) is 28.2 Å². The average Bonchev–Trinajstić information content (AvgIpc) is 3.36. The number of rotatable bonds is 5. The van der Waals surface area contributed by atoms with Crippen molar-refractivity contribution in [3.63, 3.8) is 0 Å². The fourth-order valence-corrected chi connectivity index (χ4v) is 3.21. The van der Waals surface area contributed by atoms with Crippen LogP contribution in [0.25, 0.3) is 0 Å². The van der Waals surface area contributed by atoms with Crippen molar-refractivity contribution in [3.05, 3.63) is 62.5 Å². The van der Waals surface area contributed by atoms with Crippen LogP contribution in [0.4, 0.5) is 11.4 Å². The molecule has 2 saturated heterocycles. The number of nitrogens with one attached hydrogen (secondary N) is 1. The second-order valence-corrected chi connectivity index (χ2v) is 6.37. The van der Waals surface area contributed by atoms with Crippen LogP contribution < -0.4 is 5.43 Å². The molecule has 0 radical (unpaired) electrons. The molecule has 0 spiro atoms. The van der Waals surface area contributed by atoms with Crippen molar-refractivity contribution in [1.82, 2.24) is 15.2 Å². The number of nitro groups is 2. The van der Waals surface area contributed by atoms with Crippen LogP contribution in [-0.2, 0) is 9.47 Å². The molecule has 1 N–H and O–H groups in total. The minimum Gasteiger partial charge on any atom is -0.344 e. The predicted molar refractivity (Wildman–Crippen MR) is 95.1 cm³/mol. The number of carbonyl (C=O) groups is 1. The van der Waals surface area contributed by atoms with Crippen LogP contribution in [-0.4, -0.2) is 50.2 Å². The summed E-state index contributed by atoms with van der Waals surface area (Å²) in [5, 5.41) is 30.0. The summed E-state index contributed by atoms with van der Waals surface area (Å²) >= 11 is 0. The summed E-state index contributed by atoms with van der Waals surface area (Å²) in [6.07, 6.45) is 1.55. The molecular formula is C16H14N6O7. The number of nitro benzene ring substituents is 1. The first-order valence-electron chi connectivity index (χ1n) is 8.50. The number of fused-ring (bicyclic) bond motifs is 2. The van der Waals surface area contributed by atoms with Gasteiger partial charge in [-0.25, -0.2) is 5.43 Å². The molecule has 2 bridgehead atoms. The van der Waals surface area contributed by atoms with Crippen molar-refractivity contribution in [2.24, 2.45) is 5.10 Å². The second kappa shape index (κ2) is 7.37. The Bertz CT molecular complexity index is 1020. The van der Waals surface area contributed by atoms with Crippen LogP contribution in [0.5, 0.6) is 0 Å². The third kappa shape index (κ3) is 3.55. The summed E-state index contributed by atoms with van der Waals surface area (Å²) in [7, 11) is 0. The van der Waals surface area contributed by atoms with E-state index in [9.17, 15) is 25.0 Å². The maximum absolute atomic E-state index is 12.4. The number of benzene rings is 1. The summed E-state index contributed by atoms with van der Waals surface area (Å²) < 4.78 is 12.6. The smallest absolute Gasteiger partial charge is 0.307 e. The molecule has 3 heterocycles. The number of hydrazone groups is 1. The van der Waals surface area contributed by atoms with Gasteiger partial charge in [0.15, 0.2) is 6.29 Å². The minimum absolute atomic E-state index is 0.136. The predicted octanol–water partition coefficient (Wildman–Crippen LogP) is 1.17. The van der Waals surface area contributed by atoms with E-state index in [1.807, 2.05) is 0 Å². The van der Waals surface area contributed by atoms with E-state index in [2.05, 4.69) is 15.6 Å². The van der Waals surface area contributed by atoms with Crippen LogP contribution in [0.1, 0.15) is 22.8 Å². The first-order valence-corrected chi connectivity index (χ1v) is 8.50. The highest BCUT2D eigenvalue weighted by molar-refractivity contribution is 5.99. The van der Waals surface area contributed by atoms with Gasteiger partial charge < -0.3 is 9.47 Å². The van der Waals surface area contributed by atoms with Crippen molar-refractivity contribution in [2.75, 3.05) is 6.61 Å². The van der Waals surface area contributed by atoms with E-state index in [-0.39, 0.29) is 36.1 Å². The molecule has 29 heavy (non-hydrogen) atoms. The number of ether oxygens (including phenoxy) is 2. The van der Waals surface area contributed by atoms with Gasteiger partial charge >= 0.3 is 5.69 Å². The van der Waals surface area contributed by atoms with Gasteiger partial charge in [-0.2, -0.15) is 10.2 Å². The van der Waals surface area contributed by atoms with Gasteiger partial charge in [-0.1, -0.05) is 12.1 Å². The molecule has 2 aliphatic rings. The molecule has 2 fully saturated rings. The highest BCUT2D eigenvalue weighted by atomic mass is 16.7. The largest absolute Gasteiger partial charge is 0.344 e. The number of hydrogen-bond donors (Lipinski definition) is 1. The Morgan fingerprint density at radius 2 is 2.07 bits per heavy atom. The topological polar surface area (TPSA) is 164 Å². The Labute approximate surface area is 162 Å². The van der Waals surface area contributed by atoms with E-state index in [0.717, 1.165) is 6.20 Å². The Hall–Kier alpha value is -3.71.